The molecule has 1 aromatic carbocycles. The molecule has 0 unspecified atom stereocenters. The number of nitrogens with one attached hydrogen (secondary N) is 4. The molecule has 3 amide bonds. The Morgan fingerprint density at radius 2 is 2.27 bits per heavy atom. The van der Waals surface area contributed by atoms with Crippen LogP contribution in [0.2, 0.25) is 0 Å². The fourth-order valence-electron chi connectivity index (χ4n) is 2.41. The summed E-state index contributed by atoms with van der Waals surface area (Å²) in [6, 6.07) is 7.13. The molecule has 1 aliphatic rings. The summed E-state index contributed by atoms with van der Waals surface area (Å²) in [7, 11) is 0. The van der Waals surface area contributed by atoms with Gasteiger partial charge in [-0.15, -0.1) is 0 Å². The number of H-pyrrole nitrogens is 1. The van der Waals surface area contributed by atoms with E-state index in [-0.39, 0.29) is 18.0 Å². The number of hydrogen-bond donors (Lipinski definition) is 4. The van der Waals surface area contributed by atoms with E-state index < -0.39 is 0 Å². The van der Waals surface area contributed by atoms with Crippen LogP contribution in [-0.4, -0.2) is 22.1 Å². The molecule has 7 heteroatoms. The molecule has 1 aliphatic heterocycles. The first kappa shape index (κ1) is 14.1. The zero-order valence-corrected chi connectivity index (χ0v) is 12.1. The van der Waals surface area contributed by atoms with E-state index in [4.69, 9.17) is 0 Å². The summed E-state index contributed by atoms with van der Waals surface area (Å²) in [6.07, 6.45) is 2.03. The minimum atomic E-state index is -0.253. The lowest BCUT2D eigenvalue weighted by Crippen LogP contribution is -2.36. The summed E-state index contributed by atoms with van der Waals surface area (Å²) in [5, 5.41) is 15.0. The second-order valence-corrected chi connectivity index (χ2v) is 5.27. The number of nitrogens with zero attached hydrogens (tertiary/aromatic N) is 1. The number of aromatic amines is 1. The van der Waals surface area contributed by atoms with E-state index >= 15 is 0 Å². The van der Waals surface area contributed by atoms with E-state index in [0.29, 0.717) is 13.0 Å². The molecule has 0 fully saturated rings. The van der Waals surface area contributed by atoms with Gasteiger partial charge in [0.15, 0.2) is 0 Å². The molecule has 22 heavy (non-hydrogen) atoms. The monoisotopic (exact) mass is 299 g/mol. The number of carbonyl (C=O) groups excluding carboxylic acids is 2. The summed E-state index contributed by atoms with van der Waals surface area (Å²) in [5.74, 6) is 0.00469. The average molecular weight is 299 g/mol. The third kappa shape index (κ3) is 3.08. The largest absolute Gasteiger partial charge is 0.333 e. The fraction of sp³-hybridized carbons (Fsp3) is 0.267. The molecule has 0 saturated heterocycles. The Morgan fingerprint density at radius 1 is 1.41 bits per heavy atom. The first-order chi connectivity index (χ1) is 10.6. The number of anilines is 1. The Labute approximate surface area is 127 Å². The van der Waals surface area contributed by atoms with Gasteiger partial charge in [-0.2, -0.15) is 5.10 Å². The van der Waals surface area contributed by atoms with Gasteiger partial charge in [-0.05, 0) is 30.2 Å². The van der Waals surface area contributed by atoms with Crippen LogP contribution < -0.4 is 16.0 Å². The van der Waals surface area contributed by atoms with Crippen molar-refractivity contribution in [2.45, 2.75) is 25.9 Å². The maximum Gasteiger partial charge on any atom is 0.315 e. The number of hydrogen-bond acceptors (Lipinski definition) is 3. The highest BCUT2D eigenvalue weighted by atomic mass is 16.2. The summed E-state index contributed by atoms with van der Waals surface area (Å²) in [5.41, 5.74) is 3.62. The molecule has 1 atom stereocenters. The van der Waals surface area contributed by atoms with Gasteiger partial charge >= 0.3 is 6.03 Å². The summed E-state index contributed by atoms with van der Waals surface area (Å²) < 4.78 is 0. The van der Waals surface area contributed by atoms with Crippen LogP contribution in [0, 0.1) is 0 Å². The van der Waals surface area contributed by atoms with Crippen LogP contribution in [0.25, 0.3) is 0 Å². The van der Waals surface area contributed by atoms with Gasteiger partial charge < -0.3 is 16.0 Å². The van der Waals surface area contributed by atoms with E-state index in [1.807, 2.05) is 25.1 Å². The number of benzene rings is 1. The van der Waals surface area contributed by atoms with Crippen LogP contribution in [0.15, 0.2) is 30.5 Å². The lowest BCUT2D eigenvalue weighted by atomic mass is 10.0. The van der Waals surface area contributed by atoms with Gasteiger partial charge in [0.1, 0.15) is 0 Å². The molecule has 2 heterocycles. The van der Waals surface area contributed by atoms with Crippen LogP contribution in [0.5, 0.6) is 0 Å². The van der Waals surface area contributed by atoms with E-state index in [1.165, 1.54) is 0 Å². The van der Waals surface area contributed by atoms with Gasteiger partial charge in [-0.1, -0.05) is 12.1 Å². The molecule has 7 nitrogen and oxygen atoms in total. The predicted molar refractivity (Wildman–Crippen MR) is 81.1 cm³/mol. The van der Waals surface area contributed by atoms with E-state index in [0.717, 1.165) is 22.5 Å². The first-order valence-electron chi connectivity index (χ1n) is 7.07. The number of rotatable bonds is 4. The highest BCUT2D eigenvalue weighted by Crippen LogP contribution is 2.26. The van der Waals surface area contributed by atoms with Crippen molar-refractivity contribution in [1.29, 1.82) is 0 Å². The lowest BCUT2D eigenvalue weighted by Gasteiger charge is -2.15. The molecule has 0 radical (unpaired) electrons. The van der Waals surface area contributed by atoms with Crippen molar-refractivity contribution in [3.63, 3.8) is 0 Å². The van der Waals surface area contributed by atoms with E-state index in [2.05, 4.69) is 26.1 Å². The van der Waals surface area contributed by atoms with Crippen molar-refractivity contribution >= 4 is 17.6 Å². The SMILES string of the molecule is C[C@H](NC(=O)NCc1ccn[nH]1)c1ccc2c(c1)CC(=O)N2. The summed E-state index contributed by atoms with van der Waals surface area (Å²) in [6.45, 7) is 2.29. The quantitative estimate of drug-likeness (QED) is 0.688. The fourth-order valence-corrected chi connectivity index (χ4v) is 2.41. The number of urea groups is 1. The maximum absolute atomic E-state index is 11.9. The maximum atomic E-state index is 11.9. The molecular weight excluding hydrogens is 282 g/mol. The van der Waals surface area contributed by atoms with Crippen molar-refractivity contribution in [3.8, 4) is 0 Å². The van der Waals surface area contributed by atoms with Crippen molar-refractivity contribution in [1.82, 2.24) is 20.8 Å². The normalized spacial score (nSPS) is 14.1. The summed E-state index contributed by atoms with van der Waals surface area (Å²) in [4.78, 5) is 23.2. The smallest absolute Gasteiger partial charge is 0.315 e. The van der Waals surface area contributed by atoms with Gasteiger partial charge in [0, 0.05) is 11.9 Å². The third-order valence-corrected chi connectivity index (χ3v) is 3.60. The molecule has 3 rings (SSSR count). The van der Waals surface area contributed by atoms with Crippen LogP contribution in [0.4, 0.5) is 10.5 Å². The Hall–Kier alpha value is -2.83. The zero-order valence-electron chi connectivity index (χ0n) is 12.1. The standard InChI is InChI=1S/C15H17N5O2/c1-9(18-15(22)16-8-12-4-5-17-20-12)10-2-3-13-11(6-10)7-14(21)19-13/h2-6,9H,7-8H2,1H3,(H,17,20)(H,19,21)(H2,16,18,22)/t9-/m0/s1. The highest BCUT2D eigenvalue weighted by Gasteiger charge is 2.19. The summed E-state index contributed by atoms with van der Waals surface area (Å²) >= 11 is 0. The van der Waals surface area contributed by atoms with Gasteiger partial charge in [0.2, 0.25) is 5.91 Å². The topological polar surface area (TPSA) is 98.9 Å². The van der Waals surface area contributed by atoms with Crippen LogP contribution >= 0.6 is 0 Å². The van der Waals surface area contributed by atoms with E-state index in [1.54, 1.807) is 12.3 Å². The van der Waals surface area contributed by atoms with Crippen molar-refractivity contribution in [3.05, 3.63) is 47.3 Å². The molecular formula is C15H17N5O2. The predicted octanol–water partition coefficient (Wildman–Crippen LogP) is 1.46. The number of amides is 3. The van der Waals surface area contributed by atoms with Crippen molar-refractivity contribution in [2.75, 3.05) is 5.32 Å². The van der Waals surface area contributed by atoms with Crippen molar-refractivity contribution < 1.29 is 9.59 Å². The second kappa shape index (κ2) is 5.88. The Kier molecular flexibility index (Phi) is 3.78. The molecule has 4 N–H and O–H groups in total. The lowest BCUT2D eigenvalue weighted by molar-refractivity contribution is -0.115. The van der Waals surface area contributed by atoms with Crippen LogP contribution in [-0.2, 0) is 17.8 Å². The zero-order chi connectivity index (χ0) is 15.5. The molecule has 0 spiro atoms. The number of aromatic nitrogens is 2. The average Bonchev–Trinajstić information content (AvgIpc) is 3.12. The van der Waals surface area contributed by atoms with E-state index in [9.17, 15) is 9.59 Å². The molecule has 2 aromatic rings. The minimum absolute atomic E-state index is 0.00469. The van der Waals surface area contributed by atoms with Gasteiger partial charge in [-0.25, -0.2) is 4.79 Å². The Bertz CT molecular complexity index is 696. The molecule has 114 valence electrons. The number of fused-ring (bicyclic) bond motifs is 1. The first-order valence-corrected chi connectivity index (χ1v) is 7.07. The molecule has 1 aromatic heterocycles. The third-order valence-electron chi connectivity index (χ3n) is 3.60. The van der Waals surface area contributed by atoms with Gasteiger partial charge in [0.05, 0.1) is 24.7 Å². The Balaban J connectivity index is 1.57. The second-order valence-electron chi connectivity index (χ2n) is 5.27. The molecule has 0 aliphatic carbocycles. The van der Waals surface area contributed by atoms with Gasteiger partial charge in [-0.3, -0.25) is 9.89 Å². The molecule has 0 bridgehead atoms. The molecule has 0 saturated carbocycles. The van der Waals surface area contributed by atoms with Crippen LogP contribution in [0.1, 0.15) is 29.8 Å². The minimum Gasteiger partial charge on any atom is -0.333 e. The Morgan fingerprint density at radius 3 is 3.05 bits per heavy atom. The number of carbonyl (C=O) groups is 2. The van der Waals surface area contributed by atoms with Crippen molar-refractivity contribution in [2.24, 2.45) is 0 Å². The van der Waals surface area contributed by atoms with Crippen LogP contribution in [0.3, 0.4) is 0 Å². The highest BCUT2D eigenvalue weighted by molar-refractivity contribution is 5.99. The van der Waals surface area contributed by atoms with Gasteiger partial charge in [0.25, 0.3) is 0 Å².